The summed E-state index contributed by atoms with van der Waals surface area (Å²) in [5.74, 6) is -1.94. The number of carboxylic acid groups (broad SMARTS) is 1. The van der Waals surface area contributed by atoms with Crippen molar-refractivity contribution in [3.8, 4) is 0 Å². The molecule has 2 amide bonds. The second-order valence-corrected chi connectivity index (χ2v) is 4.52. The number of aliphatic carboxylic acids is 1. The molecule has 0 aliphatic carbocycles. The molecule has 0 fully saturated rings. The third-order valence-electron chi connectivity index (χ3n) is 2.71. The van der Waals surface area contributed by atoms with Gasteiger partial charge in [-0.1, -0.05) is 30.3 Å². The molecule has 0 radical (unpaired) electrons. The fraction of sp³-hybridized carbons (Fsp3) is 0.357. The van der Waals surface area contributed by atoms with E-state index in [4.69, 9.17) is 5.11 Å². The van der Waals surface area contributed by atoms with Gasteiger partial charge in [0.15, 0.2) is 0 Å². The Kier molecular flexibility index (Phi) is 5.71. The molecule has 0 spiro atoms. The zero-order valence-electron chi connectivity index (χ0n) is 11.4. The first-order chi connectivity index (χ1) is 9.40. The van der Waals surface area contributed by atoms with Crippen molar-refractivity contribution in [1.29, 1.82) is 0 Å². The standard InChI is InChI=1S/C14H18N2O4/c1-9(13(18)16-10(2)14(19)20)15-12(17)8-11-6-4-3-5-7-11/h3-7,9-10H,8H2,1-2H3,(H,15,17)(H,16,18)(H,19,20)/t9-,10-/m1/s1. The van der Waals surface area contributed by atoms with E-state index in [9.17, 15) is 14.4 Å². The number of hydrogen-bond acceptors (Lipinski definition) is 3. The SMILES string of the molecule is C[C@@H](NC(=O)[C@@H](C)NC(=O)Cc1ccccc1)C(=O)O. The summed E-state index contributed by atoms with van der Waals surface area (Å²) in [5, 5.41) is 13.5. The molecule has 0 aliphatic heterocycles. The lowest BCUT2D eigenvalue weighted by atomic mass is 10.1. The number of rotatable bonds is 6. The Bertz CT molecular complexity index is 487. The van der Waals surface area contributed by atoms with Crippen molar-refractivity contribution < 1.29 is 19.5 Å². The molecule has 20 heavy (non-hydrogen) atoms. The second-order valence-electron chi connectivity index (χ2n) is 4.52. The van der Waals surface area contributed by atoms with E-state index in [0.717, 1.165) is 5.56 Å². The van der Waals surface area contributed by atoms with Crippen molar-refractivity contribution >= 4 is 17.8 Å². The van der Waals surface area contributed by atoms with Crippen LogP contribution in [0.1, 0.15) is 19.4 Å². The number of benzene rings is 1. The number of hydrogen-bond donors (Lipinski definition) is 3. The molecule has 108 valence electrons. The summed E-state index contributed by atoms with van der Waals surface area (Å²) in [7, 11) is 0. The molecule has 0 unspecified atom stereocenters. The summed E-state index contributed by atoms with van der Waals surface area (Å²) in [5.41, 5.74) is 0.844. The summed E-state index contributed by atoms with van der Waals surface area (Å²) in [6.45, 7) is 2.87. The molecular formula is C14H18N2O4. The highest BCUT2D eigenvalue weighted by Crippen LogP contribution is 1.99. The Balaban J connectivity index is 2.45. The van der Waals surface area contributed by atoms with Crippen molar-refractivity contribution in [2.45, 2.75) is 32.4 Å². The van der Waals surface area contributed by atoms with Crippen molar-refractivity contribution in [3.05, 3.63) is 35.9 Å². The van der Waals surface area contributed by atoms with Gasteiger partial charge in [0.1, 0.15) is 12.1 Å². The van der Waals surface area contributed by atoms with Gasteiger partial charge in [-0.3, -0.25) is 14.4 Å². The van der Waals surface area contributed by atoms with Gasteiger partial charge in [-0.15, -0.1) is 0 Å². The largest absolute Gasteiger partial charge is 0.480 e. The normalized spacial score (nSPS) is 13.1. The molecule has 0 aliphatic rings. The van der Waals surface area contributed by atoms with Crippen LogP contribution in [0, 0.1) is 0 Å². The molecule has 1 aromatic rings. The Labute approximate surface area is 117 Å². The van der Waals surface area contributed by atoms with Crippen LogP contribution >= 0.6 is 0 Å². The zero-order chi connectivity index (χ0) is 15.1. The maximum Gasteiger partial charge on any atom is 0.325 e. The minimum absolute atomic E-state index is 0.174. The second kappa shape index (κ2) is 7.28. The monoisotopic (exact) mass is 278 g/mol. The van der Waals surface area contributed by atoms with Crippen molar-refractivity contribution in [2.24, 2.45) is 0 Å². The van der Waals surface area contributed by atoms with E-state index in [1.165, 1.54) is 13.8 Å². The highest BCUT2D eigenvalue weighted by atomic mass is 16.4. The molecule has 6 nitrogen and oxygen atoms in total. The molecule has 0 saturated carbocycles. The lowest BCUT2D eigenvalue weighted by molar-refractivity contribution is -0.141. The third-order valence-corrected chi connectivity index (χ3v) is 2.71. The first-order valence-corrected chi connectivity index (χ1v) is 6.26. The van der Waals surface area contributed by atoms with Crippen LogP contribution in [0.2, 0.25) is 0 Å². The molecular weight excluding hydrogens is 260 g/mol. The average molecular weight is 278 g/mol. The molecule has 1 aromatic carbocycles. The summed E-state index contributed by atoms with van der Waals surface area (Å²) < 4.78 is 0. The molecule has 1 rings (SSSR count). The fourth-order valence-electron chi connectivity index (χ4n) is 1.54. The van der Waals surface area contributed by atoms with Gasteiger partial charge < -0.3 is 15.7 Å². The highest BCUT2D eigenvalue weighted by Gasteiger charge is 2.20. The van der Waals surface area contributed by atoms with Crippen LogP contribution in [0.3, 0.4) is 0 Å². The third kappa shape index (κ3) is 5.09. The maximum atomic E-state index is 11.7. The van der Waals surface area contributed by atoms with Crippen LogP contribution < -0.4 is 10.6 Å². The zero-order valence-corrected chi connectivity index (χ0v) is 11.4. The lowest BCUT2D eigenvalue weighted by Crippen LogP contribution is -2.49. The predicted molar refractivity (Wildman–Crippen MR) is 73.0 cm³/mol. The van der Waals surface area contributed by atoms with Gasteiger partial charge in [0, 0.05) is 0 Å². The van der Waals surface area contributed by atoms with Gasteiger partial charge in [0.2, 0.25) is 11.8 Å². The van der Waals surface area contributed by atoms with Crippen LogP contribution in [-0.2, 0) is 20.8 Å². The summed E-state index contributed by atoms with van der Waals surface area (Å²) in [6.07, 6.45) is 0.174. The summed E-state index contributed by atoms with van der Waals surface area (Å²) >= 11 is 0. The Morgan fingerprint density at radius 2 is 1.65 bits per heavy atom. The molecule has 3 N–H and O–H groups in total. The minimum atomic E-state index is -1.12. The van der Waals surface area contributed by atoms with E-state index in [2.05, 4.69) is 10.6 Å². The first-order valence-electron chi connectivity index (χ1n) is 6.26. The fourth-order valence-corrected chi connectivity index (χ4v) is 1.54. The van der Waals surface area contributed by atoms with Crippen LogP contribution in [0.25, 0.3) is 0 Å². The average Bonchev–Trinajstić information content (AvgIpc) is 2.39. The topological polar surface area (TPSA) is 95.5 Å². The quantitative estimate of drug-likeness (QED) is 0.698. The minimum Gasteiger partial charge on any atom is -0.480 e. The van der Waals surface area contributed by atoms with Crippen LogP contribution in [-0.4, -0.2) is 35.0 Å². The lowest BCUT2D eigenvalue weighted by Gasteiger charge is -2.16. The van der Waals surface area contributed by atoms with Gasteiger partial charge in [-0.2, -0.15) is 0 Å². The molecule has 6 heteroatoms. The van der Waals surface area contributed by atoms with Crippen molar-refractivity contribution in [3.63, 3.8) is 0 Å². The Morgan fingerprint density at radius 1 is 1.05 bits per heavy atom. The van der Waals surface area contributed by atoms with Crippen molar-refractivity contribution in [1.82, 2.24) is 10.6 Å². The van der Waals surface area contributed by atoms with Gasteiger partial charge in [-0.05, 0) is 19.4 Å². The van der Waals surface area contributed by atoms with Crippen LogP contribution in [0.15, 0.2) is 30.3 Å². The first kappa shape index (κ1) is 15.7. The maximum absolute atomic E-state index is 11.7. The van der Waals surface area contributed by atoms with Crippen molar-refractivity contribution in [2.75, 3.05) is 0 Å². The van der Waals surface area contributed by atoms with Crippen LogP contribution in [0.5, 0.6) is 0 Å². The predicted octanol–water partition coefficient (Wildman–Crippen LogP) is 0.323. The molecule has 0 heterocycles. The van der Waals surface area contributed by atoms with E-state index in [1.54, 1.807) is 0 Å². The number of carboxylic acids is 1. The molecule has 0 saturated heterocycles. The summed E-state index contributed by atoms with van der Waals surface area (Å²) in [6, 6.07) is 7.36. The van der Waals surface area contributed by atoms with Crippen LogP contribution in [0.4, 0.5) is 0 Å². The highest BCUT2D eigenvalue weighted by molar-refractivity contribution is 5.90. The van der Waals surface area contributed by atoms with Gasteiger partial charge >= 0.3 is 5.97 Å². The van der Waals surface area contributed by atoms with E-state index in [-0.39, 0.29) is 12.3 Å². The summed E-state index contributed by atoms with van der Waals surface area (Å²) in [4.78, 5) is 34.0. The van der Waals surface area contributed by atoms with E-state index < -0.39 is 24.0 Å². The molecule has 2 atom stereocenters. The van der Waals surface area contributed by atoms with Gasteiger partial charge in [-0.25, -0.2) is 0 Å². The number of carbonyl (C=O) groups excluding carboxylic acids is 2. The molecule has 0 aromatic heterocycles. The van der Waals surface area contributed by atoms with E-state index in [1.807, 2.05) is 30.3 Å². The smallest absolute Gasteiger partial charge is 0.325 e. The van der Waals surface area contributed by atoms with E-state index >= 15 is 0 Å². The van der Waals surface area contributed by atoms with E-state index in [0.29, 0.717) is 0 Å². The number of amides is 2. The Hall–Kier alpha value is -2.37. The molecule has 0 bridgehead atoms. The Morgan fingerprint density at radius 3 is 2.20 bits per heavy atom. The van der Waals surface area contributed by atoms with Gasteiger partial charge in [0.25, 0.3) is 0 Å². The number of carbonyl (C=O) groups is 3. The van der Waals surface area contributed by atoms with Gasteiger partial charge in [0.05, 0.1) is 6.42 Å². The number of nitrogens with one attached hydrogen (secondary N) is 2.